The smallest absolute Gasteiger partial charge is 0.258 e. The molecule has 0 aliphatic heterocycles. The predicted octanol–water partition coefficient (Wildman–Crippen LogP) is 2.50. The average molecular weight is 272 g/mol. The van der Waals surface area contributed by atoms with Crippen LogP contribution in [-0.4, -0.2) is 13.9 Å². The molecule has 0 aromatic heterocycles. The highest BCUT2D eigenvalue weighted by molar-refractivity contribution is 7.87. The van der Waals surface area contributed by atoms with Gasteiger partial charge in [-0.25, -0.2) is 4.39 Å². The van der Waals surface area contributed by atoms with Crippen molar-refractivity contribution in [3.05, 3.63) is 35.1 Å². The Morgan fingerprint density at radius 1 is 1.29 bits per heavy atom. The molecule has 1 rings (SSSR count). The Morgan fingerprint density at radius 2 is 1.88 bits per heavy atom. The predicted molar refractivity (Wildman–Crippen MR) is 50.9 cm³/mol. The van der Waals surface area contributed by atoms with Crippen molar-refractivity contribution < 1.29 is 30.2 Å². The molecular formula is C9H8F4O3S. The summed E-state index contributed by atoms with van der Waals surface area (Å²) in [6, 6.07) is 3.38. The van der Waals surface area contributed by atoms with Gasteiger partial charge in [0.05, 0.1) is 6.61 Å². The van der Waals surface area contributed by atoms with Crippen LogP contribution >= 0.6 is 0 Å². The molecular weight excluding hydrogens is 264 g/mol. The number of benzene rings is 1. The highest BCUT2D eigenvalue weighted by Gasteiger charge is 2.47. The van der Waals surface area contributed by atoms with Gasteiger partial charge in [0.25, 0.3) is 0 Å². The highest BCUT2D eigenvalue weighted by atomic mass is 32.2. The van der Waals surface area contributed by atoms with Crippen LogP contribution in [0.4, 0.5) is 17.6 Å². The lowest BCUT2D eigenvalue weighted by atomic mass is 10.1. The van der Waals surface area contributed by atoms with Crippen molar-refractivity contribution in [3.8, 4) is 0 Å². The van der Waals surface area contributed by atoms with E-state index < -0.39 is 28.1 Å². The highest BCUT2D eigenvalue weighted by Crippen LogP contribution is 2.25. The van der Waals surface area contributed by atoms with Crippen LogP contribution in [0.5, 0.6) is 0 Å². The van der Waals surface area contributed by atoms with E-state index in [1.54, 1.807) is 0 Å². The van der Waals surface area contributed by atoms with Crippen molar-refractivity contribution in [1.29, 1.82) is 0 Å². The van der Waals surface area contributed by atoms with Crippen molar-refractivity contribution in [1.82, 2.24) is 0 Å². The Kier molecular flexibility index (Phi) is 3.78. The fourth-order valence-electron chi connectivity index (χ4n) is 1.01. The Labute approximate surface area is 95.1 Å². The van der Waals surface area contributed by atoms with Gasteiger partial charge in [-0.3, -0.25) is 4.18 Å². The summed E-state index contributed by atoms with van der Waals surface area (Å²) in [5, 5.41) is 0. The van der Waals surface area contributed by atoms with Gasteiger partial charge >= 0.3 is 15.6 Å². The fraction of sp³-hybridized carbons (Fsp3) is 0.333. The lowest BCUT2D eigenvalue weighted by molar-refractivity contribution is -0.0547. The van der Waals surface area contributed by atoms with E-state index in [1.165, 1.54) is 13.0 Å². The maximum absolute atomic E-state index is 12.8. The summed E-state index contributed by atoms with van der Waals surface area (Å²) in [5.74, 6) is -0.535. The van der Waals surface area contributed by atoms with E-state index in [4.69, 9.17) is 0 Å². The lowest BCUT2D eigenvalue weighted by Gasteiger charge is -2.08. The summed E-state index contributed by atoms with van der Waals surface area (Å²) in [5.41, 5.74) is -5.13. The summed E-state index contributed by atoms with van der Waals surface area (Å²) in [4.78, 5) is 0. The average Bonchev–Trinajstić information content (AvgIpc) is 2.18. The van der Waals surface area contributed by atoms with Crippen LogP contribution < -0.4 is 0 Å². The van der Waals surface area contributed by atoms with E-state index >= 15 is 0 Å². The lowest BCUT2D eigenvalue weighted by Crippen LogP contribution is -2.25. The maximum atomic E-state index is 12.8. The second-order valence-electron chi connectivity index (χ2n) is 3.25. The molecule has 0 radical (unpaired) electrons. The third-order valence-electron chi connectivity index (χ3n) is 1.89. The minimum Gasteiger partial charge on any atom is -0.258 e. The Balaban J connectivity index is 2.78. The molecule has 0 heterocycles. The molecule has 0 bridgehead atoms. The first-order chi connectivity index (χ1) is 7.63. The zero-order valence-corrected chi connectivity index (χ0v) is 9.40. The Bertz CT molecular complexity index is 507. The standard InChI is InChI=1S/C9H8F4O3S/c1-6-4-7(2-3-8(6)10)5-16-17(14,15)9(11,12)13/h2-4H,5H2,1H3. The van der Waals surface area contributed by atoms with Gasteiger partial charge in [0.15, 0.2) is 0 Å². The number of halogens is 4. The van der Waals surface area contributed by atoms with Gasteiger partial charge in [-0.1, -0.05) is 12.1 Å². The number of hydrogen-bond acceptors (Lipinski definition) is 3. The number of alkyl halides is 3. The monoisotopic (exact) mass is 272 g/mol. The quantitative estimate of drug-likeness (QED) is 0.482. The van der Waals surface area contributed by atoms with Gasteiger partial charge < -0.3 is 0 Å². The van der Waals surface area contributed by atoms with E-state index in [-0.39, 0.29) is 11.1 Å². The number of hydrogen-bond donors (Lipinski definition) is 0. The van der Waals surface area contributed by atoms with E-state index in [1.807, 2.05) is 0 Å². The van der Waals surface area contributed by atoms with Gasteiger partial charge in [0, 0.05) is 0 Å². The van der Waals surface area contributed by atoms with Crippen LogP contribution in [0.2, 0.25) is 0 Å². The molecule has 0 amide bonds. The Morgan fingerprint density at radius 3 is 2.35 bits per heavy atom. The summed E-state index contributed by atoms with van der Waals surface area (Å²) in [6.45, 7) is 0.611. The van der Waals surface area contributed by atoms with Gasteiger partial charge in [0.2, 0.25) is 0 Å². The van der Waals surface area contributed by atoms with E-state index in [2.05, 4.69) is 4.18 Å². The molecule has 0 aliphatic rings. The molecule has 0 aliphatic carbocycles. The van der Waals surface area contributed by atoms with Gasteiger partial charge in [0.1, 0.15) is 5.82 Å². The molecule has 0 unspecified atom stereocenters. The molecule has 1 aromatic rings. The zero-order valence-electron chi connectivity index (χ0n) is 8.58. The molecule has 0 fully saturated rings. The minimum atomic E-state index is -5.61. The molecule has 0 atom stereocenters. The molecule has 0 N–H and O–H groups in total. The van der Waals surface area contributed by atoms with Crippen LogP contribution in [0.1, 0.15) is 11.1 Å². The normalized spacial score (nSPS) is 12.8. The van der Waals surface area contributed by atoms with Crippen molar-refractivity contribution >= 4 is 10.1 Å². The number of rotatable bonds is 3. The van der Waals surface area contributed by atoms with Gasteiger partial charge in [-0.15, -0.1) is 0 Å². The first-order valence-corrected chi connectivity index (χ1v) is 5.75. The molecule has 8 heteroatoms. The van der Waals surface area contributed by atoms with Crippen molar-refractivity contribution in [2.45, 2.75) is 19.0 Å². The first kappa shape index (κ1) is 13.9. The summed E-state index contributed by atoms with van der Waals surface area (Å²) >= 11 is 0. The Hall–Kier alpha value is -1.15. The largest absolute Gasteiger partial charge is 0.523 e. The van der Waals surface area contributed by atoms with Crippen molar-refractivity contribution in [2.24, 2.45) is 0 Å². The molecule has 17 heavy (non-hydrogen) atoms. The summed E-state index contributed by atoms with van der Waals surface area (Å²) < 4.78 is 73.5. The summed E-state index contributed by atoms with van der Waals surface area (Å²) in [7, 11) is -5.61. The van der Waals surface area contributed by atoms with Crippen LogP contribution in [0.25, 0.3) is 0 Å². The molecule has 96 valence electrons. The summed E-state index contributed by atoms with van der Waals surface area (Å²) in [6.07, 6.45) is 0. The van der Waals surface area contributed by atoms with E-state index in [0.29, 0.717) is 0 Å². The van der Waals surface area contributed by atoms with Gasteiger partial charge in [-0.05, 0) is 24.1 Å². The number of aryl methyl sites for hydroxylation is 1. The van der Waals surface area contributed by atoms with Crippen molar-refractivity contribution in [2.75, 3.05) is 0 Å². The van der Waals surface area contributed by atoms with E-state index in [9.17, 15) is 26.0 Å². The van der Waals surface area contributed by atoms with Crippen LogP contribution in [-0.2, 0) is 20.9 Å². The zero-order chi connectivity index (χ0) is 13.3. The molecule has 0 spiro atoms. The van der Waals surface area contributed by atoms with Gasteiger partial charge in [-0.2, -0.15) is 21.6 Å². The molecule has 0 saturated carbocycles. The third-order valence-corrected chi connectivity index (χ3v) is 2.88. The van der Waals surface area contributed by atoms with E-state index in [0.717, 1.165) is 12.1 Å². The second-order valence-corrected chi connectivity index (χ2v) is 4.85. The van der Waals surface area contributed by atoms with Crippen LogP contribution in [0.3, 0.4) is 0 Å². The third kappa shape index (κ3) is 3.40. The molecule has 1 aromatic carbocycles. The topological polar surface area (TPSA) is 43.4 Å². The SMILES string of the molecule is Cc1cc(COS(=O)(=O)C(F)(F)F)ccc1F. The van der Waals surface area contributed by atoms with Crippen LogP contribution in [0.15, 0.2) is 18.2 Å². The second kappa shape index (κ2) is 4.61. The van der Waals surface area contributed by atoms with Crippen molar-refractivity contribution in [3.63, 3.8) is 0 Å². The first-order valence-electron chi connectivity index (χ1n) is 4.34. The molecule has 0 saturated heterocycles. The van der Waals surface area contributed by atoms with Crippen LogP contribution in [0, 0.1) is 12.7 Å². The fourth-order valence-corrected chi connectivity index (χ4v) is 1.43. The maximum Gasteiger partial charge on any atom is 0.523 e. The molecule has 3 nitrogen and oxygen atoms in total. The minimum absolute atomic E-state index is 0.136.